The molecule has 0 radical (unpaired) electrons. The number of ether oxygens (including phenoxy) is 4. The smallest absolute Gasteiger partial charge is 0.338 e. The van der Waals surface area contributed by atoms with Crippen LogP contribution in [0.2, 0.25) is 0 Å². The first kappa shape index (κ1) is 21.6. The molecule has 0 aromatic heterocycles. The van der Waals surface area contributed by atoms with Gasteiger partial charge in [-0.05, 0) is 24.6 Å². The molecular formula is C22H29N3O6. The minimum atomic E-state index is -0.605. The first-order chi connectivity index (χ1) is 15.0. The fourth-order valence-corrected chi connectivity index (χ4v) is 4.30. The predicted octanol–water partition coefficient (Wildman–Crippen LogP) is 1.71. The second-order valence-corrected chi connectivity index (χ2v) is 7.80. The van der Waals surface area contributed by atoms with Crippen molar-refractivity contribution in [1.29, 1.82) is 0 Å². The zero-order valence-corrected chi connectivity index (χ0v) is 17.9. The Balaban J connectivity index is 1.59. The van der Waals surface area contributed by atoms with Gasteiger partial charge in [0.1, 0.15) is 5.75 Å². The largest absolute Gasteiger partial charge is 0.497 e. The highest BCUT2D eigenvalue weighted by molar-refractivity contribution is 5.95. The molecule has 3 aliphatic heterocycles. The Kier molecular flexibility index (Phi) is 6.45. The first-order valence-corrected chi connectivity index (χ1v) is 10.7. The highest BCUT2D eigenvalue weighted by Gasteiger charge is 2.41. The molecule has 31 heavy (non-hydrogen) atoms. The fraction of sp³-hybridized carbons (Fsp3) is 0.545. The Labute approximate surface area is 181 Å². The maximum absolute atomic E-state index is 12.9. The molecule has 0 aliphatic carbocycles. The Morgan fingerprint density at radius 2 is 1.87 bits per heavy atom. The zero-order valence-electron chi connectivity index (χ0n) is 17.9. The summed E-state index contributed by atoms with van der Waals surface area (Å²) in [6.45, 7) is 5.20. The first-order valence-electron chi connectivity index (χ1n) is 10.7. The number of methoxy groups -OCH3 is 1. The quantitative estimate of drug-likeness (QED) is 0.662. The predicted molar refractivity (Wildman–Crippen MR) is 111 cm³/mol. The van der Waals surface area contributed by atoms with Gasteiger partial charge in [0.2, 0.25) is 0 Å². The van der Waals surface area contributed by atoms with Crippen molar-refractivity contribution in [2.45, 2.75) is 31.6 Å². The average Bonchev–Trinajstić information content (AvgIpc) is 3.23. The second-order valence-electron chi connectivity index (χ2n) is 7.80. The van der Waals surface area contributed by atoms with Crippen LogP contribution in [0.4, 0.5) is 4.79 Å². The van der Waals surface area contributed by atoms with E-state index in [1.54, 1.807) is 26.2 Å². The third kappa shape index (κ3) is 4.68. The van der Waals surface area contributed by atoms with E-state index in [0.717, 1.165) is 31.5 Å². The van der Waals surface area contributed by atoms with Crippen LogP contribution in [-0.4, -0.2) is 69.3 Å². The van der Waals surface area contributed by atoms with Gasteiger partial charge in [-0.25, -0.2) is 9.59 Å². The fourth-order valence-electron chi connectivity index (χ4n) is 4.30. The number of hydrogen-bond acceptors (Lipinski definition) is 7. The van der Waals surface area contributed by atoms with E-state index < -0.39 is 17.8 Å². The zero-order chi connectivity index (χ0) is 21.8. The van der Waals surface area contributed by atoms with Crippen molar-refractivity contribution < 1.29 is 28.5 Å². The molecule has 9 heteroatoms. The molecule has 2 amide bonds. The van der Waals surface area contributed by atoms with Gasteiger partial charge in [-0.1, -0.05) is 12.1 Å². The molecule has 2 N–H and O–H groups in total. The molecule has 3 aliphatic rings. The molecule has 1 aromatic carbocycles. The number of rotatable bonds is 6. The Hall–Kier alpha value is -2.62. The van der Waals surface area contributed by atoms with Gasteiger partial charge in [-0.2, -0.15) is 0 Å². The third-order valence-electron chi connectivity index (χ3n) is 5.91. The average molecular weight is 431 g/mol. The molecule has 1 spiro atoms. The van der Waals surface area contributed by atoms with Gasteiger partial charge in [-0.3, -0.25) is 4.90 Å². The van der Waals surface area contributed by atoms with Crippen LogP contribution in [0.5, 0.6) is 5.75 Å². The number of carbonyl (C=O) groups excluding carboxylic acids is 2. The van der Waals surface area contributed by atoms with Crippen molar-refractivity contribution in [2.75, 3.05) is 46.6 Å². The normalized spacial score (nSPS) is 23.4. The van der Waals surface area contributed by atoms with Gasteiger partial charge in [0, 0.05) is 38.2 Å². The molecule has 168 valence electrons. The van der Waals surface area contributed by atoms with E-state index in [1.807, 2.05) is 12.1 Å². The van der Waals surface area contributed by atoms with Crippen molar-refractivity contribution in [3.63, 3.8) is 0 Å². The second kappa shape index (κ2) is 9.25. The van der Waals surface area contributed by atoms with Crippen LogP contribution in [0.25, 0.3) is 0 Å². The summed E-state index contributed by atoms with van der Waals surface area (Å²) >= 11 is 0. The number of esters is 1. The number of likely N-dealkylation sites (tertiary alicyclic amines) is 1. The molecule has 4 rings (SSSR count). The lowest BCUT2D eigenvalue weighted by Crippen LogP contribution is -2.51. The van der Waals surface area contributed by atoms with Gasteiger partial charge < -0.3 is 29.6 Å². The number of benzene rings is 1. The summed E-state index contributed by atoms with van der Waals surface area (Å²) in [5.41, 5.74) is 1.76. The Morgan fingerprint density at radius 3 is 2.48 bits per heavy atom. The van der Waals surface area contributed by atoms with Crippen molar-refractivity contribution >= 4 is 12.0 Å². The van der Waals surface area contributed by atoms with Gasteiger partial charge >= 0.3 is 12.0 Å². The number of nitrogens with one attached hydrogen (secondary N) is 2. The van der Waals surface area contributed by atoms with Crippen LogP contribution in [0.1, 0.15) is 31.4 Å². The van der Waals surface area contributed by atoms with Crippen LogP contribution in [0.3, 0.4) is 0 Å². The number of amides is 2. The van der Waals surface area contributed by atoms with Crippen molar-refractivity contribution in [3.8, 4) is 5.75 Å². The molecule has 0 saturated carbocycles. The standard InChI is InChI=1S/C22H29N3O6/c1-3-29-20(26)18-17(14-25-10-8-22(9-11-25)30-12-13-31-22)23-21(27)24-19(18)15-4-6-16(28-2)7-5-15/h4-7,19H,3,8-14H2,1-2H3,(H2,23,24,27)/t19-/m0/s1. The van der Waals surface area contributed by atoms with Crippen LogP contribution in [0, 0.1) is 0 Å². The lowest BCUT2D eigenvalue weighted by Gasteiger charge is -2.39. The minimum absolute atomic E-state index is 0.250. The van der Waals surface area contributed by atoms with Crippen molar-refractivity contribution in [1.82, 2.24) is 15.5 Å². The Morgan fingerprint density at radius 1 is 1.19 bits per heavy atom. The van der Waals surface area contributed by atoms with Gasteiger partial charge in [0.15, 0.2) is 5.79 Å². The van der Waals surface area contributed by atoms with Gasteiger partial charge in [0.25, 0.3) is 0 Å². The molecule has 3 heterocycles. The Bertz CT molecular complexity index is 837. The lowest BCUT2D eigenvalue weighted by molar-refractivity contribution is -0.184. The minimum Gasteiger partial charge on any atom is -0.497 e. The topological polar surface area (TPSA) is 98.4 Å². The summed E-state index contributed by atoms with van der Waals surface area (Å²) in [7, 11) is 1.59. The number of piperidine rings is 1. The molecule has 9 nitrogen and oxygen atoms in total. The summed E-state index contributed by atoms with van der Waals surface area (Å²) < 4.78 is 22.2. The van der Waals surface area contributed by atoms with Crippen LogP contribution >= 0.6 is 0 Å². The van der Waals surface area contributed by atoms with E-state index >= 15 is 0 Å². The number of carbonyl (C=O) groups is 2. The van der Waals surface area contributed by atoms with E-state index in [4.69, 9.17) is 18.9 Å². The van der Waals surface area contributed by atoms with Crippen LogP contribution < -0.4 is 15.4 Å². The molecule has 0 unspecified atom stereocenters. The van der Waals surface area contributed by atoms with E-state index in [-0.39, 0.29) is 12.6 Å². The molecule has 2 fully saturated rings. The molecule has 0 bridgehead atoms. The van der Waals surface area contributed by atoms with E-state index in [2.05, 4.69) is 15.5 Å². The number of urea groups is 1. The number of nitrogens with zero attached hydrogens (tertiary/aromatic N) is 1. The summed E-state index contributed by atoms with van der Waals surface area (Å²) in [5.74, 6) is -0.219. The summed E-state index contributed by atoms with van der Waals surface area (Å²) in [6, 6.07) is 6.33. The van der Waals surface area contributed by atoms with E-state index in [0.29, 0.717) is 36.8 Å². The lowest BCUT2D eigenvalue weighted by atomic mass is 9.94. The molecular weight excluding hydrogens is 402 g/mol. The highest BCUT2D eigenvalue weighted by atomic mass is 16.7. The SMILES string of the molecule is CCOC(=O)C1=C(CN2CCC3(CC2)OCCO3)NC(=O)N[C@H]1c1ccc(OC)cc1. The van der Waals surface area contributed by atoms with Crippen molar-refractivity contribution in [3.05, 3.63) is 41.1 Å². The maximum Gasteiger partial charge on any atom is 0.338 e. The maximum atomic E-state index is 12.9. The summed E-state index contributed by atoms with van der Waals surface area (Å²) in [4.78, 5) is 27.6. The van der Waals surface area contributed by atoms with Crippen molar-refractivity contribution in [2.24, 2.45) is 0 Å². The van der Waals surface area contributed by atoms with Gasteiger partial charge in [-0.15, -0.1) is 0 Å². The molecule has 2 saturated heterocycles. The van der Waals surface area contributed by atoms with Gasteiger partial charge in [0.05, 0.1) is 38.5 Å². The van der Waals surface area contributed by atoms with E-state index in [1.165, 1.54) is 0 Å². The highest BCUT2D eigenvalue weighted by Crippen LogP contribution is 2.33. The van der Waals surface area contributed by atoms with Crippen LogP contribution in [0.15, 0.2) is 35.5 Å². The monoisotopic (exact) mass is 431 g/mol. The number of hydrogen-bond donors (Lipinski definition) is 2. The summed E-state index contributed by atoms with van der Waals surface area (Å²) in [5, 5.41) is 5.69. The van der Waals surface area contributed by atoms with Crippen LogP contribution in [-0.2, 0) is 19.0 Å². The molecule has 1 aromatic rings. The third-order valence-corrected chi connectivity index (χ3v) is 5.91. The summed E-state index contributed by atoms with van der Waals surface area (Å²) in [6.07, 6.45) is 1.51. The van der Waals surface area contributed by atoms with E-state index in [9.17, 15) is 9.59 Å². The molecule has 1 atom stereocenters.